The van der Waals surface area contributed by atoms with Crippen LogP contribution in [0.25, 0.3) is 20.3 Å². The van der Waals surface area contributed by atoms with Crippen molar-refractivity contribution < 1.29 is 9.72 Å². The van der Waals surface area contributed by atoms with E-state index in [9.17, 15) is 14.9 Å². The molecule has 8 heteroatoms. The number of thiazole rings is 1. The van der Waals surface area contributed by atoms with Crippen LogP contribution >= 0.6 is 22.7 Å². The van der Waals surface area contributed by atoms with Crippen LogP contribution in [-0.4, -0.2) is 15.4 Å². The van der Waals surface area contributed by atoms with Crippen LogP contribution < -0.4 is 4.80 Å². The van der Waals surface area contributed by atoms with Crippen molar-refractivity contribution in [3.8, 4) is 0 Å². The van der Waals surface area contributed by atoms with E-state index >= 15 is 0 Å². The molecular formula is C19H15N3O3S2. The maximum atomic E-state index is 12.7. The van der Waals surface area contributed by atoms with E-state index < -0.39 is 4.92 Å². The highest BCUT2D eigenvalue weighted by Gasteiger charge is 2.13. The van der Waals surface area contributed by atoms with Crippen LogP contribution in [0.1, 0.15) is 22.2 Å². The van der Waals surface area contributed by atoms with Crippen molar-refractivity contribution in [2.24, 2.45) is 12.0 Å². The smallest absolute Gasteiger partial charge is 0.289 e. The average molecular weight is 397 g/mol. The van der Waals surface area contributed by atoms with Gasteiger partial charge in [0.25, 0.3) is 11.6 Å². The zero-order valence-electron chi connectivity index (χ0n) is 14.6. The molecule has 2 aromatic heterocycles. The number of nitrogens with zero attached hydrogens (tertiary/aromatic N) is 3. The molecule has 0 unspecified atom stereocenters. The molecule has 0 saturated heterocycles. The van der Waals surface area contributed by atoms with E-state index in [0.29, 0.717) is 15.1 Å². The highest BCUT2D eigenvalue weighted by Crippen LogP contribution is 2.29. The lowest BCUT2D eigenvalue weighted by Gasteiger charge is -1.97. The van der Waals surface area contributed by atoms with Crippen LogP contribution in [0.4, 0.5) is 5.69 Å². The van der Waals surface area contributed by atoms with E-state index in [1.165, 1.54) is 40.4 Å². The van der Waals surface area contributed by atoms with Crippen molar-refractivity contribution in [3.63, 3.8) is 0 Å². The second kappa shape index (κ2) is 6.71. The molecule has 6 nitrogen and oxygen atoms in total. The van der Waals surface area contributed by atoms with Gasteiger partial charge < -0.3 is 4.57 Å². The van der Waals surface area contributed by atoms with Crippen LogP contribution in [0.2, 0.25) is 0 Å². The monoisotopic (exact) mass is 397 g/mol. The number of fused-ring (bicyclic) bond motifs is 2. The lowest BCUT2D eigenvalue weighted by Crippen LogP contribution is -2.12. The van der Waals surface area contributed by atoms with Gasteiger partial charge in [-0.25, -0.2) is 0 Å². The molecule has 0 N–H and O–H groups in total. The quantitative estimate of drug-likeness (QED) is 0.372. The Bertz CT molecular complexity index is 1280. The van der Waals surface area contributed by atoms with E-state index in [4.69, 9.17) is 0 Å². The summed E-state index contributed by atoms with van der Waals surface area (Å²) < 4.78 is 3.83. The molecule has 2 heterocycles. The number of non-ortho nitro benzene ring substituents is 1. The third kappa shape index (κ3) is 3.17. The van der Waals surface area contributed by atoms with Gasteiger partial charge in [-0.05, 0) is 36.2 Å². The Labute approximate surface area is 162 Å². The second-order valence-electron chi connectivity index (χ2n) is 6.11. The zero-order chi connectivity index (χ0) is 19.1. The number of nitro benzene ring substituents is 1. The summed E-state index contributed by atoms with van der Waals surface area (Å²) in [6.45, 7) is 2.11. The van der Waals surface area contributed by atoms with Crippen molar-refractivity contribution in [2.45, 2.75) is 13.3 Å². The van der Waals surface area contributed by atoms with Gasteiger partial charge in [-0.1, -0.05) is 24.3 Å². The van der Waals surface area contributed by atoms with E-state index in [-0.39, 0.29) is 11.6 Å². The molecule has 2 aromatic carbocycles. The summed E-state index contributed by atoms with van der Waals surface area (Å²) in [6, 6.07) is 12.5. The van der Waals surface area contributed by atoms with Crippen LogP contribution in [0, 0.1) is 10.1 Å². The molecule has 4 aromatic rings. The number of rotatable bonds is 3. The molecule has 27 heavy (non-hydrogen) atoms. The molecule has 4 rings (SSSR count). The van der Waals surface area contributed by atoms with Crippen LogP contribution in [0.5, 0.6) is 0 Å². The van der Waals surface area contributed by atoms with Crippen LogP contribution in [0.15, 0.2) is 47.5 Å². The van der Waals surface area contributed by atoms with Gasteiger partial charge in [-0.15, -0.1) is 11.3 Å². The first-order valence-electron chi connectivity index (χ1n) is 8.32. The maximum absolute atomic E-state index is 12.7. The average Bonchev–Trinajstić information content (AvgIpc) is 3.22. The summed E-state index contributed by atoms with van der Waals surface area (Å²) in [6.07, 6.45) is 0.955. The summed E-state index contributed by atoms with van der Waals surface area (Å²) in [5.74, 6) is -0.336. The fourth-order valence-electron chi connectivity index (χ4n) is 2.90. The highest BCUT2D eigenvalue weighted by atomic mass is 32.1. The molecule has 1 amide bonds. The number of thiophene rings is 1. The van der Waals surface area contributed by atoms with Crippen molar-refractivity contribution in [1.82, 2.24) is 4.57 Å². The molecule has 0 fully saturated rings. The third-order valence-electron chi connectivity index (χ3n) is 4.40. The number of hydrogen-bond acceptors (Lipinski definition) is 5. The minimum atomic E-state index is -0.440. The molecule has 0 spiro atoms. The molecule has 0 aliphatic heterocycles. The summed E-state index contributed by atoms with van der Waals surface area (Å²) in [5, 5.41) is 11.6. The molecule has 0 aliphatic carbocycles. The number of hydrogen-bond donors (Lipinski definition) is 0. The lowest BCUT2D eigenvalue weighted by atomic mass is 10.2. The maximum Gasteiger partial charge on any atom is 0.289 e. The van der Waals surface area contributed by atoms with Crippen LogP contribution in [-0.2, 0) is 13.5 Å². The SMILES string of the molecule is CCc1ccc2c(c1)sc(=NC(=O)c1cc3cc([N+](=O)[O-])ccc3s1)n2C. The predicted molar refractivity (Wildman–Crippen MR) is 109 cm³/mol. The topological polar surface area (TPSA) is 77.5 Å². The second-order valence-corrected chi connectivity index (χ2v) is 8.20. The Balaban J connectivity index is 1.76. The number of nitro groups is 1. The molecular weight excluding hydrogens is 382 g/mol. The van der Waals surface area contributed by atoms with E-state index in [1.807, 2.05) is 17.7 Å². The third-order valence-corrected chi connectivity index (χ3v) is 6.60. The van der Waals surface area contributed by atoms with Gasteiger partial charge in [0.1, 0.15) is 0 Å². The Hall–Kier alpha value is -2.84. The first kappa shape index (κ1) is 17.6. The molecule has 0 bridgehead atoms. The standard InChI is InChI=1S/C19H15N3O3S2/c1-3-11-4-6-14-16(8-11)27-19(21(14)2)20-18(23)17-10-12-9-13(22(24)25)5-7-15(12)26-17/h4-10H,3H2,1-2H3. The predicted octanol–water partition coefficient (Wildman–Crippen LogP) is 4.67. The van der Waals surface area contributed by atoms with Crippen molar-refractivity contribution >= 4 is 54.6 Å². The minimum Gasteiger partial charge on any atom is -0.319 e. The zero-order valence-corrected chi connectivity index (χ0v) is 16.3. The van der Waals surface area contributed by atoms with Gasteiger partial charge in [0.05, 0.1) is 20.0 Å². The number of carbonyl (C=O) groups is 1. The van der Waals surface area contributed by atoms with Crippen molar-refractivity contribution in [1.29, 1.82) is 0 Å². The van der Waals surface area contributed by atoms with Gasteiger partial charge in [0, 0.05) is 29.3 Å². The Kier molecular flexibility index (Phi) is 4.37. The summed E-state index contributed by atoms with van der Waals surface area (Å²) in [4.78, 5) is 28.5. The van der Waals surface area contributed by atoms with Crippen molar-refractivity contribution in [2.75, 3.05) is 0 Å². The Morgan fingerprint density at radius 1 is 1.15 bits per heavy atom. The van der Waals surface area contributed by atoms with E-state index in [0.717, 1.165) is 21.3 Å². The van der Waals surface area contributed by atoms with Crippen molar-refractivity contribution in [3.05, 3.63) is 67.8 Å². The normalized spacial score (nSPS) is 12.1. The van der Waals surface area contributed by atoms with E-state index in [1.54, 1.807) is 12.1 Å². The molecule has 0 aliphatic rings. The first-order chi connectivity index (χ1) is 13.0. The summed E-state index contributed by atoms with van der Waals surface area (Å²) in [5.41, 5.74) is 2.29. The number of benzene rings is 2. The van der Waals surface area contributed by atoms with Gasteiger partial charge in [0.2, 0.25) is 0 Å². The number of aromatic nitrogens is 1. The lowest BCUT2D eigenvalue weighted by molar-refractivity contribution is -0.384. The highest BCUT2D eigenvalue weighted by molar-refractivity contribution is 7.21. The first-order valence-corrected chi connectivity index (χ1v) is 9.95. The summed E-state index contributed by atoms with van der Waals surface area (Å²) in [7, 11) is 1.89. The largest absolute Gasteiger partial charge is 0.319 e. The molecule has 0 radical (unpaired) electrons. The van der Waals surface area contributed by atoms with Gasteiger partial charge in [-0.3, -0.25) is 14.9 Å². The van der Waals surface area contributed by atoms with Gasteiger partial charge >= 0.3 is 0 Å². The minimum absolute atomic E-state index is 0.0128. The van der Waals surface area contributed by atoms with Crippen LogP contribution in [0.3, 0.4) is 0 Å². The van der Waals surface area contributed by atoms with E-state index in [2.05, 4.69) is 24.0 Å². The fourth-order valence-corrected chi connectivity index (χ4v) is 4.90. The Morgan fingerprint density at radius 3 is 2.70 bits per heavy atom. The molecule has 0 atom stereocenters. The fraction of sp³-hybridized carbons (Fsp3) is 0.158. The van der Waals surface area contributed by atoms with Gasteiger partial charge in [-0.2, -0.15) is 4.99 Å². The number of carbonyl (C=O) groups excluding carboxylic acids is 1. The number of amides is 1. The molecule has 0 saturated carbocycles. The van der Waals surface area contributed by atoms with Gasteiger partial charge in [0.15, 0.2) is 4.80 Å². The molecule has 136 valence electrons. The summed E-state index contributed by atoms with van der Waals surface area (Å²) >= 11 is 2.77. The number of aryl methyl sites for hydroxylation is 2. The Morgan fingerprint density at radius 2 is 1.96 bits per heavy atom.